The van der Waals surface area contributed by atoms with Crippen molar-refractivity contribution in [2.75, 3.05) is 7.11 Å². The van der Waals surface area contributed by atoms with E-state index in [1.807, 2.05) is 0 Å². The lowest BCUT2D eigenvalue weighted by Crippen LogP contribution is -2.02. The Morgan fingerprint density at radius 2 is 1.75 bits per heavy atom. The zero-order valence-corrected chi connectivity index (χ0v) is 12.1. The summed E-state index contributed by atoms with van der Waals surface area (Å²) in [6.07, 6.45) is 0. The molecule has 0 saturated heterocycles. The number of ether oxygens (including phenoxy) is 1. The maximum Gasteiger partial charge on any atom is 0.283 e. The average Bonchev–Trinajstić information content (AvgIpc) is 2.46. The number of rotatable bonds is 4. The predicted molar refractivity (Wildman–Crippen MR) is 77.2 cm³/mol. The number of halogens is 1. The first-order valence-corrected chi connectivity index (χ1v) is 6.45. The molecule has 6 heteroatoms. The van der Waals surface area contributed by atoms with Gasteiger partial charge in [-0.25, -0.2) is 0 Å². The molecule has 102 valence electrons. The van der Waals surface area contributed by atoms with E-state index < -0.39 is 4.92 Å². The molecule has 0 aliphatic carbocycles. The molecule has 0 N–H and O–H groups in total. The van der Waals surface area contributed by atoms with Crippen molar-refractivity contribution >= 4 is 27.4 Å². The fourth-order valence-corrected chi connectivity index (χ4v) is 2.23. The Bertz CT molecular complexity index is 667. The van der Waals surface area contributed by atoms with Crippen molar-refractivity contribution in [3.05, 3.63) is 68.2 Å². The minimum Gasteiger partial charge on any atom is -0.497 e. The highest BCUT2D eigenvalue weighted by atomic mass is 79.9. The summed E-state index contributed by atoms with van der Waals surface area (Å²) >= 11 is 3.10. The van der Waals surface area contributed by atoms with Crippen molar-refractivity contribution < 1.29 is 14.5 Å². The van der Waals surface area contributed by atoms with Crippen molar-refractivity contribution in [2.45, 2.75) is 0 Å². The number of nitrogens with zero attached hydrogens (tertiary/aromatic N) is 1. The normalized spacial score (nSPS) is 10.1. The lowest BCUT2D eigenvalue weighted by atomic mass is 10.0. The molecule has 0 fully saturated rings. The molecule has 0 spiro atoms. The van der Waals surface area contributed by atoms with Crippen LogP contribution in [0.3, 0.4) is 0 Å². The minimum atomic E-state index is -0.508. The highest BCUT2D eigenvalue weighted by Gasteiger charge is 2.16. The summed E-state index contributed by atoms with van der Waals surface area (Å²) in [6, 6.07) is 10.9. The smallest absolute Gasteiger partial charge is 0.283 e. The first-order valence-electron chi connectivity index (χ1n) is 5.65. The van der Waals surface area contributed by atoms with Gasteiger partial charge in [-0.05, 0) is 52.3 Å². The molecule has 0 aliphatic rings. The van der Waals surface area contributed by atoms with E-state index in [0.717, 1.165) is 0 Å². The zero-order chi connectivity index (χ0) is 14.7. The van der Waals surface area contributed by atoms with Gasteiger partial charge in [0, 0.05) is 17.2 Å². The van der Waals surface area contributed by atoms with Crippen LogP contribution >= 0.6 is 15.9 Å². The van der Waals surface area contributed by atoms with Crippen molar-refractivity contribution in [1.29, 1.82) is 0 Å². The summed E-state index contributed by atoms with van der Waals surface area (Å²) in [7, 11) is 1.55. The molecule has 0 radical (unpaired) electrons. The maximum atomic E-state index is 12.2. The van der Waals surface area contributed by atoms with E-state index in [-0.39, 0.29) is 15.9 Å². The predicted octanol–water partition coefficient (Wildman–Crippen LogP) is 3.60. The van der Waals surface area contributed by atoms with Gasteiger partial charge in [0.2, 0.25) is 0 Å². The van der Waals surface area contributed by atoms with Gasteiger partial charge in [0.25, 0.3) is 5.69 Å². The molecule has 0 bridgehead atoms. The number of methoxy groups -OCH3 is 1. The number of nitro groups is 1. The first kappa shape index (κ1) is 14.2. The van der Waals surface area contributed by atoms with Gasteiger partial charge in [-0.1, -0.05) is 0 Å². The van der Waals surface area contributed by atoms with E-state index in [1.165, 1.54) is 18.2 Å². The Hall–Kier alpha value is -2.21. The average molecular weight is 336 g/mol. The zero-order valence-electron chi connectivity index (χ0n) is 10.5. The number of nitro benzene ring substituents is 1. The van der Waals surface area contributed by atoms with Crippen LogP contribution in [0, 0.1) is 10.1 Å². The molecule has 0 aliphatic heterocycles. The summed E-state index contributed by atoms with van der Waals surface area (Å²) in [4.78, 5) is 22.5. The van der Waals surface area contributed by atoms with Gasteiger partial charge >= 0.3 is 0 Å². The maximum absolute atomic E-state index is 12.2. The summed E-state index contributed by atoms with van der Waals surface area (Å²) in [6.45, 7) is 0. The van der Waals surface area contributed by atoms with Gasteiger partial charge in [-0.15, -0.1) is 0 Å². The van der Waals surface area contributed by atoms with Crippen LogP contribution in [0.5, 0.6) is 5.75 Å². The molecular formula is C14H10BrNO4. The number of benzene rings is 2. The number of hydrogen-bond donors (Lipinski definition) is 0. The lowest BCUT2D eigenvalue weighted by Gasteiger charge is -2.04. The summed E-state index contributed by atoms with van der Waals surface area (Å²) < 4.78 is 5.30. The number of carbonyl (C=O) groups excluding carboxylic acids is 1. The van der Waals surface area contributed by atoms with Crippen LogP contribution in [0.15, 0.2) is 46.9 Å². The van der Waals surface area contributed by atoms with Crippen LogP contribution in [0.2, 0.25) is 0 Å². The van der Waals surface area contributed by atoms with E-state index in [4.69, 9.17) is 4.74 Å². The van der Waals surface area contributed by atoms with E-state index in [2.05, 4.69) is 15.9 Å². The van der Waals surface area contributed by atoms with Gasteiger partial charge in [0.1, 0.15) is 5.75 Å². The quantitative estimate of drug-likeness (QED) is 0.486. The highest BCUT2D eigenvalue weighted by Crippen LogP contribution is 2.26. The number of ketones is 1. The van der Waals surface area contributed by atoms with E-state index in [0.29, 0.717) is 16.9 Å². The topological polar surface area (TPSA) is 69.4 Å². The Morgan fingerprint density at radius 1 is 1.15 bits per heavy atom. The minimum absolute atomic E-state index is 0.0729. The molecule has 2 rings (SSSR count). The Morgan fingerprint density at radius 3 is 2.25 bits per heavy atom. The van der Waals surface area contributed by atoms with E-state index >= 15 is 0 Å². The van der Waals surface area contributed by atoms with Gasteiger partial charge in [-0.3, -0.25) is 14.9 Å². The second kappa shape index (κ2) is 5.83. The Labute approximate surface area is 123 Å². The third-order valence-corrected chi connectivity index (χ3v) is 3.39. The first-order chi connectivity index (χ1) is 9.52. The fourth-order valence-electron chi connectivity index (χ4n) is 1.71. The molecule has 0 saturated carbocycles. The fraction of sp³-hybridized carbons (Fsp3) is 0.0714. The Balaban J connectivity index is 2.33. The number of carbonyl (C=O) groups is 1. The summed E-state index contributed by atoms with van der Waals surface area (Å²) in [5.41, 5.74) is 0.801. The number of hydrogen-bond acceptors (Lipinski definition) is 4. The van der Waals surface area contributed by atoms with Crippen LogP contribution in [-0.2, 0) is 0 Å². The molecule has 2 aromatic rings. The van der Waals surface area contributed by atoms with Crippen molar-refractivity contribution in [1.82, 2.24) is 0 Å². The van der Waals surface area contributed by atoms with Crippen molar-refractivity contribution in [3.63, 3.8) is 0 Å². The van der Waals surface area contributed by atoms with Gasteiger partial charge in [0.05, 0.1) is 16.5 Å². The second-order valence-corrected chi connectivity index (χ2v) is 4.84. The van der Waals surface area contributed by atoms with Crippen LogP contribution in [0.25, 0.3) is 0 Å². The van der Waals surface area contributed by atoms with E-state index in [9.17, 15) is 14.9 Å². The monoisotopic (exact) mass is 335 g/mol. The molecule has 5 nitrogen and oxygen atoms in total. The second-order valence-electron chi connectivity index (χ2n) is 3.98. The van der Waals surface area contributed by atoms with E-state index in [1.54, 1.807) is 31.4 Å². The third-order valence-electron chi connectivity index (χ3n) is 2.76. The van der Waals surface area contributed by atoms with Crippen LogP contribution in [0.4, 0.5) is 5.69 Å². The molecule has 0 amide bonds. The van der Waals surface area contributed by atoms with Gasteiger partial charge in [0.15, 0.2) is 5.78 Å². The molecule has 20 heavy (non-hydrogen) atoms. The van der Waals surface area contributed by atoms with Crippen LogP contribution in [-0.4, -0.2) is 17.8 Å². The molecule has 0 atom stereocenters. The molecule has 0 aromatic heterocycles. The van der Waals surface area contributed by atoms with Gasteiger partial charge < -0.3 is 4.74 Å². The van der Waals surface area contributed by atoms with Gasteiger partial charge in [-0.2, -0.15) is 0 Å². The third kappa shape index (κ3) is 2.85. The molecule has 2 aromatic carbocycles. The molecule has 0 heterocycles. The molecular weight excluding hydrogens is 326 g/mol. The molecule has 0 unspecified atom stereocenters. The van der Waals surface area contributed by atoms with Crippen LogP contribution < -0.4 is 4.74 Å². The lowest BCUT2D eigenvalue weighted by molar-refractivity contribution is -0.385. The summed E-state index contributed by atoms with van der Waals surface area (Å²) in [5, 5.41) is 10.7. The SMILES string of the molecule is COc1ccc(C(=O)c2ccc([N+](=O)[O-])c(Br)c2)cc1. The van der Waals surface area contributed by atoms with Crippen molar-refractivity contribution in [2.24, 2.45) is 0 Å². The summed E-state index contributed by atoms with van der Waals surface area (Å²) in [5.74, 6) is 0.453. The Kier molecular flexibility index (Phi) is 4.14. The highest BCUT2D eigenvalue weighted by molar-refractivity contribution is 9.10. The van der Waals surface area contributed by atoms with Crippen LogP contribution in [0.1, 0.15) is 15.9 Å². The standard InChI is InChI=1S/C14H10BrNO4/c1-20-11-5-2-9(3-6-11)14(17)10-4-7-13(16(18)19)12(15)8-10/h2-8H,1H3. The largest absolute Gasteiger partial charge is 0.497 e. The van der Waals surface area contributed by atoms with Crippen molar-refractivity contribution in [3.8, 4) is 5.75 Å².